The molecule has 1 aliphatic carbocycles. The third-order valence-corrected chi connectivity index (χ3v) is 3.76. The summed E-state index contributed by atoms with van der Waals surface area (Å²) in [4.78, 5) is 24.1. The second-order valence-electron chi connectivity index (χ2n) is 5.08. The second-order valence-corrected chi connectivity index (χ2v) is 5.08. The maximum Gasteiger partial charge on any atom is 0.333 e. The summed E-state index contributed by atoms with van der Waals surface area (Å²) >= 11 is 0. The van der Waals surface area contributed by atoms with Crippen LogP contribution in [0.15, 0.2) is 30.3 Å². The van der Waals surface area contributed by atoms with Crippen LogP contribution in [-0.2, 0) is 14.3 Å². The lowest BCUT2D eigenvalue weighted by Gasteiger charge is -2.21. The first-order valence-electron chi connectivity index (χ1n) is 6.82. The van der Waals surface area contributed by atoms with Crippen LogP contribution in [0.25, 0.3) is 0 Å². The zero-order valence-electron chi connectivity index (χ0n) is 11.5. The molecule has 108 valence electrons. The minimum Gasteiger partial charge on any atom is -0.467 e. The van der Waals surface area contributed by atoms with Crippen molar-refractivity contribution in [2.24, 2.45) is 11.7 Å². The molecule has 1 fully saturated rings. The van der Waals surface area contributed by atoms with Crippen molar-refractivity contribution in [1.29, 1.82) is 0 Å². The summed E-state index contributed by atoms with van der Waals surface area (Å²) in [6, 6.07) is 8.17. The van der Waals surface area contributed by atoms with Gasteiger partial charge in [-0.1, -0.05) is 36.8 Å². The first-order valence-corrected chi connectivity index (χ1v) is 6.82. The molecular formula is C15H20N2O3. The number of ether oxygens (including phenoxy) is 1. The normalized spacial score (nSPS) is 23.1. The molecule has 20 heavy (non-hydrogen) atoms. The van der Waals surface area contributed by atoms with Gasteiger partial charge in [-0.15, -0.1) is 0 Å². The summed E-state index contributed by atoms with van der Waals surface area (Å²) in [6.07, 6.45) is 2.58. The fourth-order valence-corrected chi connectivity index (χ4v) is 2.61. The maximum atomic E-state index is 12.3. The number of nitrogens with two attached hydrogens (primary N) is 1. The van der Waals surface area contributed by atoms with Crippen LogP contribution in [-0.4, -0.2) is 25.0 Å². The summed E-state index contributed by atoms with van der Waals surface area (Å²) in [6.45, 7) is 0. The van der Waals surface area contributed by atoms with Crippen LogP contribution in [0.2, 0.25) is 0 Å². The molecule has 0 saturated heterocycles. The lowest BCUT2D eigenvalue weighted by Crippen LogP contribution is -2.42. The molecule has 0 radical (unpaired) electrons. The second kappa shape index (κ2) is 6.52. The summed E-state index contributed by atoms with van der Waals surface area (Å²) in [5.41, 5.74) is 6.63. The molecule has 3 unspecified atom stereocenters. The van der Waals surface area contributed by atoms with Crippen molar-refractivity contribution in [3.8, 4) is 0 Å². The minimum atomic E-state index is -0.776. The Bertz CT molecular complexity index is 475. The Morgan fingerprint density at radius 1 is 1.30 bits per heavy atom. The number of esters is 1. The van der Waals surface area contributed by atoms with E-state index in [0.717, 1.165) is 19.3 Å². The van der Waals surface area contributed by atoms with E-state index in [0.29, 0.717) is 5.56 Å². The molecule has 0 spiro atoms. The van der Waals surface area contributed by atoms with E-state index in [2.05, 4.69) is 5.32 Å². The molecule has 1 amide bonds. The van der Waals surface area contributed by atoms with Gasteiger partial charge in [0.1, 0.15) is 0 Å². The van der Waals surface area contributed by atoms with Crippen molar-refractivity contribution >= 4 is 11.9 Å². The molecule has 1 aromatic rings. The minimum absolute atomic E-state index is 0.121. The number of amides is 1. The van der Waals surface area contributed by atoms with E-state index in [4.69, 9.17) is 10.5 Å². The summed E-state index contributed by atoms with van der Waals surface area (Å²) in [7, 11) is 1.31. The Hall–Kier alpha value is -1.88. The summed E-state index contributed by atoms with van der Waals surface area (Å²) in [5.74, 6) is -0.865. The van der Waals surface area contributed by atoms with Crippen molar-refractivity contribution in [2.45, 2.75) is 31.3 Å². The van der Waals surface area contributed by atoms with Crippen LogP contribution < -0.4 is 11.1 Å². The van der Waals surface area contributed by atoms with Gasteiger partial charge in [0.25, 0.3) is 0 Å². The van der Waals surface area contributed by atoms with Crippen molar-refractivity contribution in [3.05, 3.63) is 35.9 Å². The molecule has 0 bridgehead atoms. The highest BCUT2D eigenvalue weighted by atomic mass is 16.5. The molecule has 1 aliphatic rings. The van der Waals surface area contributed by atoms with Crippen LogP contribution in [0.5, 0.6) is 0 Å². The number of rotatable bonds is 4. The van der Waals surface area contributed by atoms with Gasteiger partial charge in [0.05, 0.1) is 13.0 Å². The van der Waals surface area contributed by atoms with Crippen LogP contribution in [0, 0.1) is 5.92 Å². The average Bonchev–Trinajstić information content (AvgIpc) is 2.91. The number of carbonyl (C=O) groups is 2. The van der Waals surface area contributed by atoms with Crippen LogP contribution in [0.3, 0.4) is 0 Å². The first kappa shape index (κ1) is 14.5. The topological polar surface area (TPSA) is 81.4 Å². The molecule has 1 aromatic carbocycles. The van der Waals surface area contributed by atoms with Crippen molar-refractivity contribution in [3.63, 3.8) is 0 Å². The first-order chi connectivity index (χ1) is 9.63. The van der Waals surface area contributed by atoms with Gasteiger partial charge in [0.2, 0.25) is 5.91 Å². The quantitative estimate of drug-likeness (QED) is 0.808. The van der Waals surface area contributed by atoms with E-state index in [9.17, 15) is 9.59 Å². The maximum absolute atomic E-state index is 12.3. The number of nitrogens with one attached hydrogen (secondary N) is 1. The fraction of sp³-hybridized carbons (Fsp3) is 0.467. The smallest absolute Gasteiger partial charge is 0.333 e. The Balaban J connectivity index is 2.12. The average molecular weight is 276 g/mol. The number of hydrogen-bond acceptors (Lipinski definition) is 4. The van der Waals surface area contributed by atoms with Crippen molar-refractivity contribution < 1.29 is 14.3 Å². The fourth-order valence-electron chi connectivity index (χ4n) is 2.61. The largest absolute Gasteiger partial charge is 0.467 e. The van der Waals surface area contributed by atoms with Crippen LogP contribution in [0.4, 0.5) is 0 Å². The highest BCUT2D eigenvalue weighted by Gasteiger charge is 2.33. The van der Waals surface area contributed by atoms with Gasteiger partial charge < -0.3 is 15.8 Å². The molecule has 2 rings (SSSR count). The molecule has 3 atom stereocenters. The Kier molecular flexibility index (Phi) is 4.74. The van der Waals surface area contributed by atoms with E-state index in [1.54, 1.807) is 12.1 Å². The zero-order chi connectivity index (χ0) is 14.5. The Morgan fingerprint density at radius 3 is 2.55 bits per heavy atom. The van der Waals surface area contributed by atoms with Gasteiger partial charge in [-0.25, -0.2) is 4.79 Å². The summed E-state index contributed by atoms with van der Waals surface area (Å²) < 4.78 is 4.77. The van der Waals surface area contributed by atoms with E-state index in [1.807, 2.05) is 18.2 Å². The van der Waals surface area contributed by atoms with Gasteiger partial charge in [0.15, 0.2) is 6.04 Å². The van der Waals surface area contributed by atoms with Gasteiger partial charge >= 0.3 is 5.97 Å². The third kappa shape index (κ3) is 3.17. The molecule has 3 N–H and O–H groups in total. The molecule has 5 nitrogen and oxygen atoms in total. The molecule has 5 heteroatoms. The van der Waals surface area contributed by atoms with Crippen LogP contribution >= 0.6 is 0 Å². The van der Waals surface area contributed by atoms with E-state index < -0.39 is 12.0 Å². The number of carbonyl (C=O) groups excluding carboxylic acids is 2. The Morgan fingerprint density at radius 2 is 2.00 bits per heavy atom. The molecule has 0 heterocycles. The van der Waals surface area contributed by atoms with E-state index in [-0.39, 0.29) is 17.9 Å². The highest BCUT2D eigenvalue weighted by Crippen LogP contribution is 2.25. The predicted octanol–water partition coefficient (Wildman–Crippen LogP) is 1.14. The van der Waals surface area contributed by atoms with Crippen LogP contribution in [0.1, 0.15) is 30.9 Å². The SMILES string of the molecule is COC(=O)C(NC(=O)C1CCCC1N)c1ccccc1. The van der Waals surface area contributed by atoms with E-state index in [1.165, 1.54) is 7.11 Å². The standard InChI is InChI=1S/C15H20N2O3/c1-20-15(19)13(10-6-3-2-4-7-10)17-14(18)11-8-5-9-12(11)16/h2-4,6-7,11-13H,5,8-9,16H2,1H3,(H,17,18). The lowest BCUT2D eigenvalue weighted by molar-refractivity contribution is -0.145. The molecule has 0 aromatic heterocycles. The van der Waals surface area contributed by atoms with Gasteiger partial charge in [-0.3, -0.25) is 4.79 Å². The lowest BCUT2D eigenvalue weighted by atomic mass is 10.0. The molecule has 0 aliphatic heterocycles. The number of hydrogen-bond donors (Lipinski definition) is 2. The number of methoxy groups -OCH3 is 1. The predicted molar refractivity (Wildman–Crippen MR) is 74.7 cm³/mol. The van der Waals surface area contributed by atoms with Gasteiger partial charge in [-0.05, 0) is 18.4 Å². The number of benzene rings is 1. The van der Waals surface area contributed by atoms with Crippen molar-refractivity contribution in [2.75, 3.05) is 7.11 Å². The van der Waals surface area contributed by atoms with Crippen molar-refractivity contribution in [1.82, 2.24) is 5.32 Å². The van der Waals surface area contributed by atoms with E-state index >= 15 is 0 Å². The van der Waals surface area contributed by atoms with Gasteiger partial charge in [0, 0.05) is 6.04 Å². The zero-order valence-corrected chi connectivity index (χ0v) is 11.5. The molecular weight excluding hydrogens is 256 g/mol. The Labute approximate surface area is 118 Å². The summed E-state index contributed by atoms with van der Waals surface area (Å²) in [5, 5.41) is 2.76. The highest BCUT2D eigenvalue weighted by molar-refractivity contribution is 5.87. The molecule has 1 saturated carbocycles. The third-order valence-electron chi connectivity index (χ3n) is 3.76. The monoisotopic (exact) mass is 276 g/mol. The van der Waals surface area contributed by atoms with Gasteiger partial charge in [-0.2, -0.15) is 0 Å².